The lowest BCUT2D eigenvalue weighted by atomic mass is 9.79. The first-order chi connectivity index (χ1) is 10.2. The van der Waals surface area contributed by atoms with Crippen molar-refractivity contribution in [1.29, 1.82) is 0 Å². The Labute approximate surface area is 131 Å². The second-order valence-electron chi connectivity index (χ2n) is 5.81. The summed E-state index contributed by atoms with van der Waals surface area (Å²) in [6.45, 7) is 3.08. The molecule has 0 radical (unpaired) electrons. The van der Waals surface area contributed by atoms with Gasteiger partial charge in [-0.1, -0.05) is 42.8 Å². The fraction of sp³-hybridized carbons (Fsp3) is 0.471. The highest BCUT2D eigenvalue weighted by Crippen LogP contribution is 2.36. The van der Waals surface area contributed by atoms with Gasteiger partial charge in [0.15, 0.2) is 0 Å². The Hall–Kier alpha value is -1.32. The summed E-state index contributed by atoms with van der Waals surface area (Å²) in [5.41, 5.74) is 4.10. The van der Waals surface area contributed by atoms with Crippen molar-refractivity contribution in [1.82, 2.24) is 15.1 Å². The van der Waals surface area contributed by atoms with Gasteiger partial charge in [-0.2, -0.15) is 5.10 Å². The van der Waals surface area contributed by atoms with E-state index in [1.807, 2.05) is 11.7 Å². The molecule has 1 aliphatic rings. The van der Waals surface area contributed by atoms with Crippen LogP contribution in [0.4, 0.5) is 0 Å². The van der Waals surface area contributed by atoms with Gasteiger partial charge in [-0.15, -0.1) is 0 Å². The molecule has 4 heteroatoms. The van der Waals surface area contributed by atoms with Crippen molar-refractivity contribution < 1.29 is 0 Å². The van der Waals surface area contributed by atoms with Crippen molar-refractivity contribution in [2.24, 2.45) is 13.0 Å². The monoisotopic (exact) mass is 303 g/mol. The third kappa shape index (κ3) is 2.85. The zero-order valence-electron chi connectivity index (χ0n) is 12.6. The number of hydrogen-bond donors (Lipinski definition) is 1. The summed E-state index contributed by atoms with van der Waals surface area (Å²) in [6.07, 6.45) is 5.20. The van der Waals surface area contributed by atoms with Crippen LogP contribution >= 0.6 is 11.6 Å². The number of hydrogen-bond acceptors (Lipinski definition) is 2. The standard InChI is InChI=1S/C17H22ClN3/c1-3-19-16(17-15(18)11-20-21(17)2)14-9-8-12-6-4-5-7-13(12)10-14/h4-7,11,14,16,19H,3,8-10H2,1-2H3. The predicted octanol–water partition coefficient (Wildman–Crippen LogP) is 3.53. The van der Waals surface area contributed by atoms with E-state index in [1.54, 1.807) is 6.20 Å². The van der Waals surface area contributed by atoms with Crippen LogP contribution in [0.25, 0.3) is 0 Å². The summed E-state index contributed by atoms with van der Waals surface area (Å²) < 4.78 is 1.91. The van der Waals surface area contributed by atoms with Gasteiger partial charge in [0, 0.05) is 7.05 Å². The van der Waals surface area contributed by atoms with Crippen molar-refractivity contribution in [3.63, 3.8) is 0 Å². The fourth-order valence-corrected chi connectivity index (χ4v) is 3.77. The Morgan fingerprint density at radius 3 is 2.81 bits per heavy atom. The van der Waals surface area contributed by atoms with E-state index in [0.29, 0.717) is 5.92 Å². The van der Waals surface area contributed by atoms with Crippen molar-refractivity contribution >= 4 is 11.6 Å². The number of fused-ring (bicyclic) bond motifs is 1. The van der Waals surface area contributed by atoms with E-state index in [0.717, 1.165) is 30.1 Å². The van der Waals surface area contributed by atoms with Crippen LogP contribution < -0.4 is 5.32 Å². The van der Waals surface area contributed by atoms with Gasteiger partial charge in [0.1, 0.15) is 0 Å². The van der Waals surface area contributed by atoms with Gasteiger partial charge in [-0.05, 0) is 42.9 Å². The maximum atomic E-state index is 6.37. The predicted molar refractivity (Wildman–Crippen MR) is 86.6 cm³/mol. The SMILES string of the molecule is CCNC(c1c(Cl)cnn1C)C1CCc2ccccc2C1. The highest BCUT2D eigenvalue weighted by atomic mass is 35.5. The van der Waals surface area contributed by atoms with Crippen LogP contribution in [0.15, 0.2) is 30.5 Å². The molecule has 1 aromatic heterocycles. The maximum Gasteiger partial charge on any atom is 0.0834 e. The molecule has 0 amide bonds. The van der Waals surface area contributed by atoms with E-state index in [9.17, 15) is 0 Å². The van der Waals surface area contributed by atoms with Crippen LogP contribution in [0.1, 0.15) is 36.2 Å². The third-order valence-electron chi connectivity index (χ3n) is 4.51. The molecule has 2 unspecified atom stereocenters. The summed E-state index contributed by atoms with van der Waals surface area (Å²) in [4.78, 5) is 0. The number of halogens is 1. The highest BCUT2D eigenvalue weighted by molar-refractivity contribution is 6.31. The molecule has 0 saturated carbocycles. The van der Waals surface area contributed by atoms with Gasteiger partial charge >= 0.3 is 0 Å². The summed E-state index contributed by atoms with van der Waals surface area (Å²) in [7, 11) is 1.97. The lowest BCUT2D eigenvalue weighted by Crippen LogP contribution is -2.33. The first-order valence-corrected chi connectivity index (χ1v) is 8.06. The van der Waals surface area contributed by atoms with Crippen molar-refractivity contribution in [3.8, 4) is 0 Å². The lowest BCUT2D eigenvalue weighted by Gasteiger charge is -2.32. The molecule has 0 aliphatic heterocycles. The van der Waals surface area contributed by atoms with E-state index in [-0.39, 0.29) is 6.04 Å². The number of benzene rings is 1. The summed E-state index contributed by atoms with van der Waals surface area (Å²) in [6, 6.07) is 9.06. The molecule has 0 saturated heterocycles. The quantitative estimate of drug-likeness (QED) is 0.936. The Bertz CT molecular complexity index is 601. The van der Waals surface area contributed by atoms with E-state index in [1.165, 1.54) is 17.5 Å². The molecule has 2 aromatic rings. The van der Waals surface area contributed by atoms with E-state index >= 15 is 0 Å². The van der Waals surface area contributed by atoms with Gasteiger partial charge in [-0.25, -0.2) is 0 Å². The summed E-state index contributed by atoms with van der Waals surface area (Å²) in [5.74, 6) is 0.563. The molecule has 1 N–H and O–H groups in total. The number of aryl methyl sites for hydroxylation is 2. The number of rotatable bonds is 4. The van der Waals surface area contributed by atoms with Gasteiger partial charge in [-0.3, -0.25) is 4.68 Å². The Morgan fingerprint density at radius 1 is 1.38 bits per heavy atom. The van der Waals surface area contributed by atoms with E-state index in [2.05, 4.69) is 41.6 Å². The Morgan fingerprint density at radius 2 is 2.14 bits per heavy atom. The summed E-state index contributed by atoms with van der Waals surface area (Å²) in [5, 5.41) is 8.69. The first-order valence-electron chi connectivity index (χ1n) is 7.68. The Kier molecular flexibility index (Phi) is 4.32. The van der Waals surface area contributed by atoms with Crippen LogP contribution in [0.3, 0.4) is 0 Å². The van der Waals surface area contributed by atoms with Crippen LogP contribution in [-0.2, 0) is 19.9 Å². The molecule has 1 heterocycles. The molecule has 1 aliphatic carbocycles. The molecule has 1 aromatic carbocycles. The molecular weight excluding hydrogens is 282 g/mol. The normalized spacial score (nSPS) is 19.3. The minimum Gasteiger partial charge on any atom is -0.309 e. The van der Waals surface area contributed by atoms with Crippen molar-refractivity contribution in [3.05, 3.63) is 52.3 Å². The largest absolute Gasteiger partial charge is 0.309 e. The molecule has 3 rings (SSSR count). The zero-order chi connectivity index (χ0) is 14.8. The fourth-order valence-electron chi connectivity index (χ4n) is 3.49. The third-order valence-corrected chi connectivity index (χ3v) is 4.80. The maximum absolute atomic E-state index is 6.37. The van der Waals surface area contributed by atoms with Gasteiger partial charge in [0.05, 0.1) is 23.0 Å². The smallest absolute Gasteiger partial charge is 0.0834 e. The molecule has 112 valence electrons. The molecule has 2 atom stereocenters. The van der Waals surface area contributed by atoms with E-state index < -0.39 is 0 Å². The van der Waals surface area contributed by atoms with Crippen LogP contribution in [-0.4, -0.2) is 16.3 Å². The van der Waals surface area contributed by atoms with Crippen LogP contribution in [0.2, 0.25) is 5.02 Å². The van der Waals surface area contributed by atoms with Crippen molar-refractivity contribution in [2.75, 3.05) is 6.54 Å². The molecular formula is C17H22ClN3. The minimum atomic E-state index is 0.267. The lowest BCUT2D eigenvalue weighted by molar-refractivity contribution is 0.317. The number of nitrogens with one attached hydrogen (secondary N) is 1. The second kappa shape index (κ2) is 6.20. The number of aromatic nitrogens is 2. The van der Waals surface area contributed by atoms with Gasteiger partial charge in [0.25, 0.3) is 0 Å². The Balaban J connectivity index is 1.89. The molecule has 0 fully saturated rings. The van der Waals surface area contributed by atoms with Gasteiger partial charge < -0.3 is 5.32 Å². The van der Waals surface area contributed by atoms with E-state index in [4.69, 9.17) is 11.6 Å². The number of nitrogens with zero attached hydrogens (tertiary/aromatic N) is 2. The molecule has 21 heavy (non-hydrogen) atoms. The summed E-state index contributed by atoms with van der Waals surface area (Å²) >= 11 is 6.37. The van der Waals surface area contributed by atoms with Crippen LogP contribution in [0, 0.1) is 5.92 Å². The second-order valence-corrected chi connectivity index (χ2v) is 6.22. The topological polar surface area (TPSA) is 29.9 Å². The molecule has 3 nitrogen and oxygen atoms in total. The van der Waals surface area contributed by atoms with Gasteiger partial charge in [0.2, 0.25) is 0 Å². The van der Waals surface area contributed by atoms with Crippen molar-refractivity contribution in [2.45, 2.75) is 32.2 Å². The average molecular weight is 304 g/mol. The van der Waals surface area contributed by atoms with Crippen LogP contribution in [0.5, 0.6) is 0 Å². The zero-order valence-corrected chi connectivity index (χ0v) is 13.4. The first kappa shape index (κ1) is 14.6. The molecule has 0 spiro atoms. The highest BCUT2D eigenvalue weighted by Gasteiger charge is 2.30. The molecule has 0 bridgehead atoms. The average Bonchev–Trinajstić information content (AvgIpc) is 2.84. The minimum absolute atomic E-state index is 0.267.